The molecule has 1 unspecified atom stereocenters. The van der Waals surface area contributed by atoms with Crippen LogP contribution in [-0.2, 0) is 12.8 Å². The molecule has 1 atom stereocenters. The Labute approximate surface area is 151 Å². The van der Waals surface area contributed by atoms with Crippen molar-refractivity contribution in [1.29, 1.82) is 0 Å². The van der Waals surface area contributed by atoms with E-state index < -0.39 is 11.9 Å². The van der Waals surface area contributed by atoms with Gasteiger partial charge >= 0.3 is 0 Å². The Morgan fingerprint density at radius 1 is 1.19 bits per heavy atom. The van der Waals surface area contributed by atoms with E-state index in [1.54, 1.807) is 18.2 Å². The molecule has 0 saturated carbocycles. The van der Waals surface area contributed by atoms with E-state index in [-0.39, 0.29) is 12.5 Å². The van der Waals surface area contributed by atoms with Crippen molar-refractivity contribution in [2.75, 3.05) is 6.54 Å². The van der Waals surface area contributed by atoms with Crippen LogP contribution in [0.25, 0.3) is 10.9 Å². The predicted molar refractivity (Wildman–Crippen MR) is 98.6 cm³/mol. The maximum atomic E-state index is 13.2. The average Bonchev–Trinajstić information content (AvgIpc) is 3.03. The van der Waals surface area contributed by atoms with Crippen LogP contribution in [0.2, 0.25) is 0 Å². The third kappa shape index (κ3) is 3.22. The third-order valence-corrected chi connectivity index (χ3v) is 5.05. The van der Waals surface area contributed by atoms with E-state index in [1.165, 1.54) is 36.2 Å². The van der Waals surface area contributed by atoms with Gasteiger partial charge in [-0.3, -0.25) is 4.79 Å². The van der Waals surface area contributed by atoms with E-state index in [1.807, 2.05) is 12.1 Å². The van der Waals surface area contributed by atoms with Crippen LogP contribution in [-0.4, -0.2) is 22.5 Å². The lowest BCUT2D eigenvalue weighted by molar-refractivity contribution is 0.0916. The topological polar surface area (TPSA) is 65.1 Å². The van der Waals surface area contributed by atoms with E-state index in [0.717, 1.165) is 23.7 Å². The van der Waals surface area contributed by atoms with Gasteiger partial charge in [-0.05, 0) is 67.1 Å². The molecular weight excluding hydrogens is 331 g/mol. The summed E-state index contributed by atoms with van der Waals surface area (Å²) in [6.45, 7) is 0.0333. The lowest BCUT2D eigenvalue weighted by atomic mass is 9.95. The van der Waals surface area contributed by atoms with Gasteiger partial charge in [-0.2, -0.15) is 0 Å². The number of aliphatic hydroxyl groups excluding tert-OH is 1. The fourth-order valence-electron chi connectivity index (χ4n) is 3.67. The number of aromatic amines is 1. The standard InChI is InChI=1S/C21H21FN2O2/c22-15-5-3-4-13(10-15)20(25)12-23-21(26)14-8-9-19-17(11-14)16-6-1-2-7-18(16)24-19/h3-5,8-11,20,24-25H,1-2,6-7,12H2,(H,23,26). The molecule has 4 rings (SSSR count). The second-order valence-corrected chi connectivity index (χ2v) is 6.83. The number of aryl methyl sites for hydroxylation is 2. The largest absolute Gasteiger partial charge is 0.387 e. The van der Waals surface area contributed by atoms with Gasteiger partial charge in [0.1, 0.15) is 5.82 Å². The van der Waals surface area contributed by atoms with Gasteiger partial charge in [-0.15, -0.1) is 0 Å². The number of hydrogen-bond donors (Lipinski definition) is 3. The molecule has 2 aromatic carbocycles. The Balaban J connectivity index is 1.49. The zero-order chi connectivity index (χ0) is 18.1. The molecule has 1 amide bonds. The maximum Gasteiger partial charge on any atom is 0.251 e. The van der Waals surface area contributed by atoms with Crippen LogP contribution in [0.15, 0.2) is 42.5 Å². The van der Waals surface area contributed by atoms with Crippen LogP contribution in [0.1, 0.15) is 46.1 Å². The van der Waals surface area contributed by atoms with Gasteiger partial charge in [0.25, 0.3) is 5.91 Å². The molecule has 4 nitrogen and oxygen atoms in total. The molecule has 0 bridgehead atoms. The molecule has 1 aliphatic rings. The number of nitrogens with one attached hydrogen (secondary N) is 2. The van der Waals surface area contributed by atoms with Gasteiger partial charge in [0.15, 0.2) is 0 Å². The summed E-state index contributed by atoms with van der Waals surface area (Å²) in [5.74, 6) is -0.649. The summed E-state index contributed by atoms with van der Waals surface area (Å²) < 4.78 is 13.2. The monoisotopic (exact) mass is 352 g/mol. The third-order valence-electron chi connectivity index (χ3n) is 5.05. The number of aliphatic hydroxyl groups is 1. The van der Waals surface area contributed by atoms with E-state index in [2.05, 4.69) is 10.3 Å². The number of H-pyrrole nitrogens is 1. The number of carbonyl (C=O) groups is 1. The number of hydrogen-bond acceptors (Lipinski definition) is 2. The smallest absolute Gasteiger partial charge is 0.251 e. The lowest BCUT2D eigenvalue weighted by Gasteiger charge is -2.13. The summed E-state index contributed by atoms with van der Waals surface area (Å²) in [5.41, 5.74) is 4.68. The van der Waals surface area contributed by atoms with E-state index in [4.69, 9.17) is 0 Å². The molecule has 0 radical (unpaired) electrons. The van der Waals surface area contributed by atoms with Crippen LogP contribution in [0.4, 0.5) is 4.39 Å². The van der Waals surface area contributed by atoms with Crippen LogP contribution in [0.3, 0.4) is 0 Å². The van der Waals surface area contributed by atoms with Gasteiger partial charge in [0, 0.05) is 28.7 Å². The first kappa shape index (κ1) is 16.8. The first-order chi connectivity index (χ1) is 12.6. The highest BCUT2D eigenvalue weighted by Gasteiger charge is 2.17. The molecule has 0 fully saturated rings. The van der Waals surface area contributed by atoms with E-state index in [0.29, 0.717) is 11.1 Å². The minimum atomic E-state index is -0.946. The normalized spacial score (nSPS) is 14.8. The fraction of sp³-hybridized carbons (Fsp3) is 0.286. The number of aromatic nitrogens is 1. The number of benzene rings is 2. The second kappa shape index (κ2) is 6.92. The minimum Gasteiger partial charge on any atom is -0.387 e. The van der Waals surface area contributed by atoms with Crippen LogP contribution >= 0.6 is 0 Å². The number of rotatable bonds is 4. The van der Waals surface area contributed by atoms with E-state index in [9.17, 15) is 14.3 Å². The van der Waals surface area contributed by atoms with Crippen molar-refractivity contribution in [2.24, 2.45) is 0 Å². The molecule has 134 valence electrons. The van der Waals surface area contributed by atoms with Crippen molar-refractivity contribution in [1.82, 2.24) is 10.3 Å². The first-order valence-corrected chi connectivity index (χ1v) is 8.97. The van der Waals surface area contributed by atoms with E-state index >= 15 is 0 Å². The van der Waals surface area contributed by atoms with Gasteiger partial charge in [0.05, 0.1) is 6.10 Å². The molecule has 5 heteroatoms. The Hall–Kier alpha value is -2.66. The zero-order valence-corrected chi connectivity index (χ0v) is 14.4. The Kier molecular flexibility index (Phi) is 4.47. The van der Waals surface area contributed by atoms with Crippen molar-refractivity contribution in [3.63, 3.8) is 0 Å². The predicted octanol–water partition coefficient (Wildman–Crippen LogP) is 3.65. The SMILES string of the molecule is O=C(NCC(O)c1cccc(F)c1)c1ccc2[nH]c3c(c2c1)CCCC3. The molecule has 26 heavy (non-hydrogen) atoms. The first-order valence-electron chi connectivity index (χ1n) is 8.97. The molecule has 3 aromatic rings. The zero-order valence-electron chi connectivity index (χ0n) is 14.4. The summed E-state index contributed by atoms with van der Waals surface area (Å²) in [6, 6.07) is 11.4. The minimum absolute atomic E-state index is 0.0333. The molecule has 1 aliphatic carbocycles. The Bertz CT molecular complexity index is 964. The van der Waals surface area contributed by atoms with Crippen LogP contribution < -0.4 is 5.32 Å². The van der Waals surface area contributed by atoms with Gasteiger partial charge in [-0.1, -0.05) is 12.1 Å². The maximum absolute atomic E-state index is 13.2. The van der Waals surface area contributed by atoms with Gasteiger partial charge in [-0.25, -0.2) is 4.39 Å². The molecule has 1 heterocycles. The molecule has 3 N–H and O–H groups in total. The summed E-state index contributed by atoms with van der Waals surface area (Å²) in [6.07, 6.45) is 3.53. The summed E-state index contributed by atoms with van der Waals surface area (Å²) in [7, 11) is 0. The highest BCUT2D eigenvalue weighted by atomic mass is 19.1. The number of amides is 1. The van der Waals surface area contributed by atoms with Crippen molar-refractivity contribution in [2.45, 2.75) is 31.8 Å². The van der Waals surface area contributed by atoms with Crippen molar-refractivity contribution < 1.29 is 14.3 Å². The average molecular weight is 352 g/mol. The van der Waals surface area contributed by atoms with Gasteiger partial charge in [0.2, 0.25) is 0 Å². The summed E-state index contributed by atoms with van der Waals surface area (Å²) >= 11 is 0. The van der Waals surface area contributed by atoms with Crippen molar-refractivity contribution in [3.8, 4) is 0 Å². The highest BCUT2D eigenvalue weighted by molar-refractivity contribution is 5.99. The quantitative estimate of drug-likeness (QED) is 0.671. The number of carbonyl (C=O) groups excluding carboxylic acids is 1. The molecule has 0 spiro atoms. The van der Waals surface area contributed by atoms with Crippen molar-refractivity contribution >= 4 is 16.8 Å². The molecule has 1 aromatic heterocycles. The summed E-state index contributed by atoms with van der Waals surface area (Å²) in [5, 5.41) is 14.0. The van der Waals surface area contributed by atoms with Gasteiger partial charge < -0.3 is 15.4 Å². The number of fused-ring (bicyclic) bond motifs is 3. The lowest BCUT2D eigenvalue weighted by Crippen LogP contribution is -2.28. The molecule has 0 aliphatic heterocycles. The molecule has 0 saturated heterocycles. The number of halogens is 1. The Morgan fingerprint density at radius 3 is 2.88 bits per heavy atom. The Morgan fingerprint density at radius 2 is 2.04 bits per heavy atom. The van der Waals surface area contributed by atoms with Crippen molar-refractivity contribution in [3.05, 3.63) is 70.7 Å². The molecular formula is C21H21FN2O2. The summed E-state index contributed by atoms with van der Waals surface area (Å²) in [4.78, 5) is 15.9. The fourth-order valence-corrected chi connectivity index (χ4v) is 3.67. The second-order valence-electron chi connectivity index (χ2n) is 6.83. The van der Waals surface area contributed by atoms with Crippen LogP contribution in [0.5, 0.6) is 0 Å². The van der Waals surface area contributed by atoms with Crippen LogP contribution in [0, 0.1) is 5.82 Å². The highest BCUT2D eigenvalue weighted by Crippen LogP contribution is 2.29.